The van der Waals surface area contributed by atoms with Gasteiger partial charge in [0.2, 0.25) is 0 Å². The third kappa shape index (κ3) is 6.39. The molecule has 0 aliphatic rings. The highest BCUT2D eigenvalue weighted by Crippen LogP contribution is 2.17. The Balaban J connectivity index is 3.90. The molecule has 0 aromatic carbocycles. The minimum absolute atomic E-state index is 0.372. The highest BCUT2D eigenvalue weighted by atomic mass is 16.5. The van der Waals surface area contributed by atoms with Crippen LogP contribution in [0.4, 0.5) is 0 Å². The average molecular weight is 201 g/mol. The molecule has 0 spiro atoms. The zero-order valence-corrected chi connectivity index (χ0v) is 10.6. The highest BCUT2D eigenvalue weighted by Gasteiger charge is 2.16. The second-order valence-corrected chi connectivity index (χ2v) is 4.85. The minimum Gasteiger partial charge on any atom is -0.382 e. The molecule has 0 saturated heterocycles. The molecule has 0 saturated carbocycles. The van der Waals surface area contributed by atoms with Gasteiger partial charge in [-0.15, -0.1) is 0 Å². The Bertz CT molecular complexity index is 134. The van der Waals surface area contributed by atoms with Crippen LogP contribution in [0.5, 0.6) is 0 Å². The summed E-state index contributed by atoms with van der Waals surface area (Å²) in [6.07, 6.45) is 1.52. The third-order valence-electron chi connectivity index (χ3n) is 2.77. The Morgan fingerprint density at radius 3 is 2.00 bits per heavy atom. The van der Waals surface area contributed by atoms with Crippen LogP contribution in [-0.4, -0.2) is 25.8 Å². The van der Waals surface area contributed by atoms with Crippen LogP contribution in [-0.2, 0) is 4.74 Å². The van der Waals surface area contributed by atoms with Crippen molar-refractivity contribution < 1.29 is 4.74 Å². The Morgan fingerprint density at radius 2 is 1.64 bits per heavy atom. The molecule has 0 aromatic rings. The first kappa shape index (κ1) is 13.9. The quantitative estimate of drug-likeness (QED) is 0.684. The van der Waals surface area contributed by atoms with E-state index in [0.717, 1.165) is 18.9 Å². The van der Waals surface area contributed by atoms with Gasteiger partial charge in [-0.1, -0.05) is 27.7 Å². The van der Waals surface area contributed by atoms with E-state index in [0.29, 0.717) is 18.1 Å². The van der Waals surface area contributed by atoms with Gasteiger partial charge in [-0.2, -0.15) is 0 Å². The number of nitrogens with one attached hydrogen (secondary N) is 1. The van der Waals surface area contributed by atoms with Crippen molar-refractivity contribution in [2.75, 3.05) is 13.7 Å². The number of hydrogen-bond donors (Lipinski definition) is 1. The summed E-state index contributed by atoms with van der Waals surface area (Å²) in [5.74, 6) is 1.44. The standard InChI is InChI=1S/C12H27NO/c1-9(2)12(7-11(5)14-6)8-13-10(3)4/h9-13H,7-8H2,1-6H3. The van der Waals surface area contributed by atoms with Crippen LogP contribution in [0.2, 0.25) is 0 Å². The lowest BCUT2D eigenvalue weighted by atomic mass is 9.90. The molecule has 0 heterocycles. The molecule has 0 aliphatic carbocycles. The lowest BCUT2D eigenvalue weighted by molar-refractivity contribution is 0.0859. The maximum atomic E-state index is 5.31. The molecule has 2 nitrogen and oxygen atoms in total. The van der Waals surface area contributed by atoms with Crippen LogP contribution in [0.3, 0.4) is 0 Å². The van der Waals surface area contributed by atoms with E-state index in [1.807, 2.05) is 0 Å². The van der Waals surface area contributed by atoms with Crippen LogP contribution >= 0.6 is 0 Å². The van der Waals surface area contributed by atoms with Gasteiger partial charge in [0.05, 0.1) is 6.10 Å². The van der Waals surface area contributed by atoms with Crippen molar-refractivity contribution in [3.05, 3.63) is 0 Å². The number of ether oxygens (including phenoxy) is 1. The summed E-state index contributed by atoms with van der Waals surface area (Å²) in [6.45, 7) is 12.2. The fraction of sp³-hybridized carbons (Fsp3) is 1.00. The molecule has 0 radical (unpaired) electrons. The normalized spacial score (nSPS) is 16.3. The topological polar surface area (TPSA) is 21.3 Å². The van der Waals surface area contributed by atoms with Crippen LogP contribution in [0.25, 0.3) is 0 Å². The molecule has 0 aromatic heterocycles. The predicted molar refractivity (Wildman–Crippen MR) is 62.6 cm³/mol. The third-order valence-corrected chi connectivity index (χ3v) is 2.77. The van der Waals surface area contributed by atoms with Gasteiger partial charge in [0.1, 0.15) is 0 Å². The Labute approximate surface area is 89.4 Å². The maximum absolute atomic E-state index is 5.31. The van der Waals surface area contributed by atoms with Crippen molar-refractivity contribution in [3.8, 4) is 0 Å². The average Bonchev–Trinajstić information content (AvgIpc) is 2.10. The van der Waals surface area contributed by atoms with E-state index in [1.54, 1.807) is 7.11 Å². The first-order chi connectivity index (χ1) is 6.47. The molecular weight excluding hydrogens is 174 g/mol. The molecule has 0 bridgehead atoms. The number of rotatable bonds is 7. The molecule has 2 unspecified atom stereocenters. The van der Waals surface area contributed by atoms with E-state index in [-0.39, 0.29) is 0 Å². The van der Waals surface area contributed by atoms with Gasteiger partial charge in [-0.05, 0) is 31.7 Å². The molecule has 0 fully saturated rings. The Morgan fingerprint density at radius 1 is 1.07 bits per heavy atom. The summed E-state index contributed by atoms with van der Waals surface area (Å²) >= 11 is 0. The van der Waals surface area contributed by atoms with Crippen LogP contribution in [0.15, 0.2) is 0 Å². The predicted octanol–water partition coefficient (Wildman–Crippen LogP) is 2.68. The van der Waals surface area contributed by atoms with Gasteiger partial charge in [-0.3, -0.25) is 0 Å². The molecule has 1 N–H and O–H groups in total. The van der Waals surface area contributed by atoms with Gasteiger partial charge in [-0.25, -0.2) is 0 Å². The Hall–Kier alpha value is -0.0800. The highest BCUT2D eigenvalue weighted by molar-refractivity contribution is 4.70. The second kappa shape index (κ2) is 7.24. The summed E-state index contributed by atoms with van der Waals surface area (Å²) in [4.78, 5) is 0. The zero-order chi connectivity index (χ0) is 11.1. The summed E-state index contributed by atoms with van der Waals surface area (Å²) in [7, 11) is 1.79. The van der Waals surface area contributed by atoms with Crippen LogP contribution < -0.4 is 5.32 Å². The molecule has 2 heteroatoms. The van der Waals surface area contributed by atoms with Gasteiger partial charge in [0.25, 0.3) is 0 Å². The minimum atomic E-state index is 0.372. The molecule has 14 heavy (non-hydrogen) atoms. The first-order valence-corrected chi connectivity index (χ1v) is 5.73. The Kier molecular flexibility index (Phi) is 7.20. The van der Waals surface area contributed by atoms with Gasteiger partial charge in [0.15, 0.2) is 0 Å². The molecule has 86 valence electrons. The monoisotopic (exact) mass is 201 g/mol. The molecule has 0 rings (SSSR count). The van der Waals surface area contributed by atoms with Crippen molar-refractivity contribution in [1.82, 2.24) is 5.32 Å². The fourth-order valence-corrected chi connectivity index (χ4v) is 1.50. The molecular formula is C12H27NO. The largest absolute Gasteiger partial charge is 0.382 e. The van der Waals surface area contributed by atoms with E-state index in [9.17, 15) is 0 Å². The summed E-state index contributed by atoms with van der Waals surface area (Å²) in [5.41, 5.74) is 0. The molecule has 0 amide bonds. The number of methoxy groups -OCH3 is 1. The van der Waals surface area contributed by atoms with E-state index in [4.69, 9.17) is 4.74 Å². The first-order valence-electron chi connectivity index (χ1n) is 5.73. The summed E-state index contributed by atoms with van der Waals surface area (Å²) < 4.78 is 5.31. The van der Waals surface area contributed by atoms with Crippen molar-refractivity contribution in [2.45, 2.75) is 53.2 Å². The van der Waals surface area contributed by atoms with Crippen molar-refractivity contribution in [3.63, 3.8) is 0 Å². The SMILES string of the molecule is COC(C)CC(CNC(C)C)C(C)C. The van der Waals surface area contributed by atoms with Crippen molar-refractivity contribution in [1.29, 1.82) is 0 Å². The lowest BCUT2D eigenvalue weighted by Crippen LogP contribution is -2.33. The lowest BCUT2D eigenvalue weighted by Gasteiger charge is -2.25. The summed E-state index contributed by atoms with van der Waals surface area (Å²) in [6, 6.07) is 0.578. The fourth-order valence-electron chi connectivity index (χ4n) is 1.50. The second-order valence-electron chi connectivity index (χ2n) is 4.85. The number of hydrogen-bond acceptors (Lipinski definition) is 2. The smallest absolute Gasteiger partial charge is 0.0546 e. The van der Waals surface area contributed by atoms with E-state index in [1.165, 1.54) is 0 Å². The van der Waals surface area contributed by atoms with Gasteiger partial charge < -0.3 is 10.1 Å². The van der Waals surface area contributed by atoms with Crippen molar-refractivity contribution in [2.24, 2.45) is 11.8 Å². The summed E-state index contributed by atoms with van der Waals surface area (Å²) in [5, 5.41) is 3.50. The molecule has 0 aliphatic heterocycles. The van der Waals surface area contributed by atoms with E-state index < -0.39 is 0 Å². The van der Waals surface area contributed by atoms with Gasteiger partial charge in [0, 0.05) is 13.2 Å². The van der Waals surface area contributed by atoms with Crippen LogP contribution in [0.1, 0.15) is 41.0 Å². The van der Waals surface area contributed by atoms with E-state index >= 15 is 0 Å². The van der Waals surface area contributed by atoms with E-state index in [2.05, 4.69) is 39.9 Å². The zero-order valence-electron chi connectivity index (χ0n) is 10.6. The van der Waals surface area contributed by atoms with Crippen LogP contribution in [0, 0.1) is 11.8 Å². The van der Waals surface area contributed by atoms with Gasteiger partial charge >= 0.3 is 0 Å². The maximum Gasteiger partial charge on any atom is 0.0546 e. The van der Waals surface area contributed by atoms with Crippen molar-refractivity contribution >= 4 is 0 Å². The molecule has 2 atom stereocenters.